The predicted molar refractivity (Wildman–Crippen MR) is 138 cm³/mol. The first-order valence-electron chi connectivity index (χ1n) is 12.4. The molecule has 1 aliphatic rings. The summed E-state index contributed by atoms with van der Waals surface area (Å²) in [6.45, 7) is 3.60. The summed E-state index contributed by atoms with van der Waals surface area (Å²) in [5, 5.41) is 37.2. The van der Waals surface area contributed by atoms with Gasteiger partial charge in [-0.15, -0.1) is 0 Å². The van der Waals surface area contributed by atoms with Crippen LogP contribution in [0.4, 0.5) is 5.95 Å². The number of anilines is 1. The lowest BCUT2D eigenvalue weighted by Crippen LogP contribution is -2.33. The Kier molecular flexibility index (Phi) is 9.13. The van der Waals surface area contributed by atoms with Gasteiger partial charge < -0.3 is 40.3 Å². The molecule has 36 heavy (non-hydrogen) atoms. The van der Waals surface area contributed by atoms with E-state index in [4.69, 9.17) is 9.47 Å². The average molecular weight is 500 g/mol. The van der Waals surface area contributed by atoms with Crippen LogP contribution in [0, 0.1) is 0 Å². The van der Waals surface area contributed by atoms with Gasteiger partial charge in [0.05, 0.1) is 24.2 Å². The Labute approximate surface area is 211 Å². The van der Waals surface area contributed by atoms with E-state index in [1.54, 1.807) is 4.57 Å². The Hall–Kier alpha value is -2.73. The van der Waals surface area contributed by atoms with Gasteiger partial charge in [0, 0.05) is 19.6 Å². The zero-order valence-electron chi connectivity index (χ0n) is 20.9. The topological polar surface area (TPSA) is 124 Å². The van der Waals surface area contributed by atoms with Crippen LogP contribution in [0.2, 0.25) is 0 Å². The largest absolute Gasteiger partial charge is 0.494 e. The van der Waals surface area contributed by atoms with Crippen molar-refractivity contribution in [2.24, 2.45) is 0 Å². The van der Waals surface area contributed by atoms with E-state index in [1.807, 2.05) is 48.5 Å². The molecule has 1 fully saturated rings. The van der Waals surface area contributed by atoms with Crippen LogP contribution >= 0.6 is 0 Å². The summed E-state index contributed by atoms with van der Waals surface area (Å²) in [4.78, 5) is 6.83. The molecule has 0 amide bonds. The summed E-state index contributed by atoms with van der Waals surface area (Å²) in [6, 6.07) is 15.4. The van der Waals surface area contributed by atoms with Crippen molar-refractivity contribution in [2.45, 2.75) is 37.5 Å². The number of nitrogens with one attached hydrogen (secondary N) is 2. The van der Waals surface area contributed by atoms with E-state index in [0.717, 1.165) is 48.4 Å². The molecule has 0 radical (unpaired) electrons. The van der Waals surface area contributed by atoms with E-state index >= 15 is 0 Å². The summed E-state index contributed by atoms with van der Waals surface area (Å²) in [6.07, 6.45) is -3.21. The number of ether oxygens (including phenoxy) is 2. The van der Waals surface area contributed by atoms with E-state index < -0.39 is 24.5 Å². The first-order valence-corrected chi connectivity index (χ1v) is 12.4. The van der Waals surface area contributed by atoms with E-state index in [2.05, 4.69) is 34.6 Å². The lowest BCUT2D eigenvalue weighted by Gasteiger charge is -2.20. The number of aromatic nitrogens is 2. The summed E-state index contributed by atoms with van der Waals surface area (Å²) < 4.78 is 13.5. The number of rotatable bonds is 13. The fourth-order valence-electron chi connectivity index (χ4n) is 4.26. The lowest BCUT2D eigenvalue weighted by molar-refractivity contribution is -0.0499. The molecular weight excluding hydrogens is 462 g/mol. The van der Waals surface area contributed by atoms with Crippen LogP contribution in [0.3, 0.4) is 0 Å². The molecule has 2 heterocycles. The number of aliphatic hydroxyl groups is 3. The summed E-state index contributed by atoms with van der Waals surface area (Å²) >= 11 is 0. The highest BCUT2D eigenvalue weighted by atomic mass is 16.6. The van der Waals surface area contributed by atoms with Crippen molar-refractivity contribution in [1.29, 1.82) is 0 Å². The van der Waals surface area contributed by atoms with Gasteiger partial charge in [-0.3, -0.25) is 4.57 Å². The molecule has 3 aromatic rings. The maximum absolute atomic E-state index is 10.6. The number of fused-ring (bicyclic) bond motifs is 1. The highest BCUT2D eigenvalue weighted by Crippen LogP contribution is 2.35. The first-order chi connectivity index (χ1) is 17.5. The van der Waals surface area contributed by atoms with Crippen LogP contribution in [0.1, 0.15) is 18.2 Å². The van der Waals surface area contributed by atoms with E-state index in [-0.39, 0.29) is 6.61 Å². The van der Waals surface area contributed by atoms with Crippen LogP contribution in [0.5, 0.6) is 5.75 Å². The van der Waals surface area contributed by atoms with Crippen molar-refractivity contribution in [2.75, 3.05) is 52.3 Å². The molecule has 2 aromatic carbocycles. The minimum atomic E-state index is -1.20. The minimum absolute atomic E-state index is 0.386. The SMILES string of the molecule is CN(C)CCNCCCOc1cccc(CNc2nc3ccccc3n2[C@@H]2O[C@H](CO)[C@@H](O)[C@H]2O)c1. The number of hydrogen-bond acceptors (Lipinski definition) is 9. The van der Waals surface area contributed by atoms with Gasteiger partial charge in [-0.05, 0) is 56.9 Å². The van der Waals surface area contributed by atoms with Gasteiger partial charge in [-0.25, -0.2) is 4.98 Å². The Morgan fingerprint density at radius 1 is 1.08 bits per heavy atom. The van der Waals surface area contributed by atoms with Crippen LogP contribution in [-0.4, -0.2) is 95.0 Å². The third kappa shape index (κ3) is 6.33. The molecule has 196 valence electrons. The highest BCUT2D eigenvalue weighted by Gasteiger charge is 2.44. The van der Waals surface area contributed by atoms with Crippen LogP contribution in [0.25, 0.3) is 11.0 Å². The molecule has 1 saturated heterocycles. The number of imidazole rings is 1. The van der Waals surface area contributed by atoms with Crippen LogP contribution in [0.15, 0.2) is 48.5 Å². The quantitative estimate of drug-likeness (QED) is 0.221. The van der Waals surface area contributed by atoms with E-state index in [9.17, 15) is 15.3 Å². The number of benzene rings is 2. The second-order valence-corrected chi connectivity index (χ2v) is 9.28. The second kappa shape index (κ2) is 12.5. The predicted octanol–water partition coefficient (Wildman–Crippen LogP) is 1.18. The molecule has 4 rings (SSSR count). The molecular formula is C26H37N5O5. The third-order valence-corrected chi connectivity index (χ3v) is 6.22. The fraction of sp³-hybridized carbons (Fsp3) is 0.500. The molecule has 10 heteroatoms. The molecule has 0 bridgehead atoms. The standard InChI is InChI=1S/C26H37N5O5/c1-30(2)13-12-27-11-6-14-35-19-8-5-7-18(15-19)16-28-26-29-20-9-3-4-10-21(20)31(26)25-24(34)23(33)22(17-32)36-25/h3-5,7-10,15,22-25,27,32-34H,6,11-14,16-17H2,1-2H3,(H,28,29)/t22-,23-,24-,25-/m1/s1. The maximum Gasteiger partial charge on any atom is 0.206 e. The van der Waals surface area contributed by atoms with Crippen molar-refractivity contribution >= 4 is 17.0 Å². The van der Waals surface area contributed by atoms with Crippen LogP contribution in [-0.2, 0) is 11.3 Å². The summed E-state index contributed by atoms with van der Waals surface area (Å²) in [5.74, 6) is 1.31. The smallest absolute Gasteiger partial charge is 0.206 e. The van der Waals surface area contributed by atoms with E-state index in [0.29, 0.717) is 19.1 Å². The van der Waals surface area contributed by atoms with E-state index in [1.165, 1.54) is 0 Å². The first kappa shape index (κ1) is 26.3. The molecule has 1 aromatic heterocycles. The van der Waals surface area contributed by atoms with Gasteiger partial charge in [0.1, 0.15) is 24.1 Å². The zero-order chi connectivity index (χ0) is 25.5. The van der Waals surface area contributed by atoms with Crippen molar-refractivity contribution in [3.8, 4) is 5.75 Å². The minimum Gasteiger partial charge on any atom is -0.494 e. The van der Waals surface area contributed by atoms with Gasteiger partial charge in [0.2, 0.25) is 5.95 Å². The summed E-state index contributed by atoms with van der Waals surface area (Å²) in [7, 11) is 4.12. The highest BCUT2D eigenvalue weighted by molar-refractivity contribution is 5.78. The molecule has 1 aliphatic heterocycles. The second-order valence-electron chi connectivity index (χ2n) is 9.28. The molecule has 0 spiro atoms. The third-order valence-electron chi connectivity index (χ3n) is 6.22. The molecule has 5 N–H and O–H groups in total. The maximum atomic E-state index is 10.6. The number of nitrogens with zero attached hydrogens (tertiary/aromatic N) is 3. The zero-order valence-corrected chi connectivity index (χ0v) is 20.9. The van der Waals surface area contributed by atoms with Crippen molar-refractivity contribution in [3.05, 3.63) is 54.1 Å². The molecule has 4 atom stereocenters. The Morgan fingerprint density at radius 3 is 2.69 bits per heavy atom. The number of likely N-dealkylation sites (N-methyl/N-ethyl adjacent to an activating group) is 1. The molecule has 10 nitrogen and oxygen atoms in total. The Balaban J connectivity index is 1.39. The number of hydrogen-bond donors (Lipinski definition) is 5. The molecule has 0 aliphatic carbocycles. The lowest BCUT2D eigenvalue weighted by atomic mass is 10.1. The number of aliphatic hydroxyl groups excluding tert-OH is 3. The summed E-state index contributed by atoms with van der Waals surface area (Å²) in [5.41, 5.74) is 2.50. The van der Waals surface area contributed by atoms with Gasteiger partial charge in [-0.1, -0.05) is 24.3 Å². The number of para-hydroxylation sites is 2. The molecule has 0 saturated carbocycles. The van der Waals surface area contributed by atoms with Crippen molar-refractivity contribution in [3.63, 3.8) is 0 Å². The fourth-order valence-corrected chi connectivity index (χ4v) is 4.26. The van der Waals surface area contributed by atoms with Crippen molar-refractivity contribution in [1.82, 2.24) is 19.8 Å². The Bertz CT molecular complexity index is 1110. The van der Waals surface area contributed by atoms with Crippen LogP contribution < -0.4 is 15.4 Å². The van der Waals surface area contributed by atoms with Gasteiger partial charge >= 0.3 is 0 Å². The monoisotopic (exact) mass is 499 g/mol. The van der Waals surface area contributed by atoms with Crippen molar-refractivity contribution < 1.29 is 24.8 Å². The van der Waals surface area contributed by atoms with Gasteiger partial charge in [0.15, 0.2) is 6.23 Å². The normalized spacial score (nSPS) is 21.9. The molecule has 0 unspecified atom stereocenters. The Morgan fingerprint density at radius 2 is 1.92 bits per heavy atom. The average Bonchev–Trinajstić information content (AvgIpc) is 3.38. The van der Waals surface area contributed by atoms with Gasteiger partial charge in [-0.2, -0.15) is 0 Å². The van der Waals surface area contributed by atoms with Gasteiger partial charge in [0.25, 0.3) is 0 Å².